The Morgan fingerprint density at radius 1 is 0.733 bits per heavy atom. The molecule has 3 heteroatoms. The quantitative estimate of drug-likeness (QED) is 0.510. The Kier molecular flexibility index (Phi) is 13.8. The maximum Gasteiger partial charge on any atom is 0.0700 e. The molecule has 0 fully saturated rings. The molecule has 0 saturated carbocycles. The molecule has 0 aromatic rings. The molecule has 0 unspecified atom stereocenters. The van der Waals surface area contributed by atoms with E-state index < -0.39 is 0 Å². The van der Waals surface area contributed by atoms with Crippen LogP contribution in [-0.2, 0) is 9.47 Å². The van der Waals surface area contributed by atoms with Gasteiger partial charge in [-0.15, -0.1) is 0 Å². The number of hydrogen-bond donors (Lipinski definition) is 1. The molecular formula is C12H27NO2. The van der Waals surface area contributed by atoms with Gasteiger partial charge in [-0.3, -0.25) is 0 Å². The van der Waals surface area contributed by atoms with Crippen molar-refractivity contribution >= 4 is 0 Å². The topological polar surface area (TPSA) is 44.5 Å². The zero-order chi connectivity index (χ0) is 11.2. The average molecular weight is 217 g/mol. The lowest BCUT2D eigenvalue weighted by atomic mass is 10.2. The monoisotopic (exact) mass is 217 g/mol. The molecule has 0 amide bonds. The van der Waals surface area contributed by atoms with Crippen molar-refractivity contribution in [3.8, 4) is 0 Å². The van der Waals surface area contributed by atoms with E-state index in [0.29, 0.717) is 0 Å². The predicted octanol–water partition coefficient (Wildman–Crippen LogP) is 2.34. The predicted molar refractivity (Wildman–Crippen MR) is 64.1 cm³/mol. The van der Waals surface area contributed by atoms with Gasteiger partial charge in [0, 0.05) is 13.2 Å². The molecule has 0 aromatic carbocycles. The highest BCUT2D eigenvalue weighted by atomic mass is 16.5. The Bertz CT molecular complexity index is 97.8. The van der Waals surface area contributed by atoms with Crippen LogP contribution in [0, 0.1) is 0 Å². The number of nitrogens with two attached hydrogens (primary N) is 1. The summed E-state index contributed by atoms with van der Waals surface area (Å²) in [7, 11) is 0. The van der Waals surface area contributed by atoms with Crippen LogP contribution in [0.25, 0.3) is 0 Å². The van der Waals surface area contributed by atoms with Crippen molar-refractivity contribution in [2.75, 3.05) is 33.0 Å². The molecule has 0 rings (SSSR count). The van der Waals surface area contributed by atoms with Gasteiger partial charge in [0.05, 0.1) is 13.2 Å². The fraction of sp³-hybridized carbons (Fsp3) is 1.00. The third kappa shape index (κ3) is 13.9. The molecular weight excluding hydrogens is 190 g/mol. The third-order valence-corrected chi connectivity index (χ3v) is 2.26. The van der Waals surface area contributed by atoms with Gasteiger partial charge in [0.15, 0.2) is 0 Å². The molecule has 3 nitrogen and oxygen atoms in total. The number of unbranched alkanes of at least 4 members (excludes halogenated alkanes) is 4. The Morgan fingerprint density at radius 2 is 1.33 bits per heavy atom. The average Bonchev–Trinajstić information content (AvgIpc) is 2.26. The second-order valence-electron chi connectivity index (χ2n) is 3.78. The van der Waals surface area contributed by atoms with E-state index in [9.17, 15) is 0 Å². The Balaban J connectivity index is 2.81. The minimum Gasteiger partial charge on any atom is -0.379 e. The van der Waals surface area contributed by atoms with Crippen LogP contribution in [0.3, 0.4) is 0 Å². The summed E-state index contributed by atoms with van der Waals surface area (Å²) in [5, 5.41) is 0. The number of ether oxygens (including phenoxy) is 2. The van der Waals surface area contributed by atoms with Crippen molar-refractivity contribution in [2.45, 2.75) is 45.4 Å². The van der Waals surface area contributed by atoms with Crippen molar-refractivity contribution in [1.29, 1.82) is 0 Å². The molecule has 2 N–H and O–H groups in total. The SMILES string of the molecule is CCCCCOCCOCCCCCN. The molecule has 0 spiro atoms. The van der Waals surface area contributed by atoms with E-state index in [1.54, 1.807) is 0 Å². The summed E-state index contributed by atoms with van der Waals surface area (Å²) in [6.45, 7) is 6.18. The fourth-order valence-corrected chi connectivity index (χ4v) is 1.30. The second-order valence-corrected chi connectivity index (χ2v) is 3.78. The Morgan fingerprint density at radius 3 is 1.87 bits per heavy atom. The summed E-state index contributed by atoms with van der Waals surface area (Å²) in [4.78, 5) is 0. The summed E-state index contributed by atoms with van der Waals surface area (Å²) in [6, 6.07) is 0. The summed E-state index contributed by atoms with van der Waals surface area (Å²) in [6.07, 6.45) is 7.09. The van der Waals surface area contributed by atoms with E-state index in [2.05, 4.69) is 6.92 Å². The van der Waals surface area contributed by atoms with Crippen LogP contribution in [0.15, 0.2) is 0 Å². The first-order valence-corrected chi connectivity index (χ1v) is 6.27. The molecule has 0 heterocycles. The Labute approximate surface area is 94.3 Å². The van der Waals surface area contributed by atoms with Gasteiger partial charge in [-0.1, -0.05) is 19.8 Å². The largest absolute Gasteiger partial charge is 0.379 e. The van der Waals surface area contributed by atoms with Crippen molar-refractivity contribution in [3.63, 3.8) is 0 Å². The maximum absolute atomic E-state index is 5.42. The van der Waals surface area contributed by atoms with Gasteiger partial charge < -0.3 is 15.2 Å². The van der Waals surface area contributed by atoms with Crippen LogP contribution < -0.4 is 5.73 Å². The highest BCUT2D eigenvalue weighted by molar-refractivity contribution is 4.42. The van der Waals surface area contributed by atoms with Crippen molar-refractivity contribution in [1.82, 2.24) is 0 Å². The minimum absolute atomic E-state index is 0.731. The standard InChI is InChI=1S/C12H27NO2/c1-2-3-6-9-14-11-12-15-10-7-4-5-8-13/h2-13H2,1H3. The van der Waals surface area contributed by atoms with Crippen LogP contribution in [0.2, 0.25) is 0 Å². The minimum atomic E-state index is 0.731. The summed E-state index contributed by atoms with van der Waals surface area (Å²) < 4.78 is 10.8. The molecule has 0 aromatic heterocycles. The molecule has 0 aliphatic heterocycles. The van der Waals surface area contributed by atoms with E-state index in [1.165, 1.54) is 25.7 Å². The highest BCUT2D eigenvalue weighted by Gasteiger charge is 1.91. The number of rotatable bonds is 12. The first-order valence-electron chi connectivity index (χ1n) is 6.27. The first kappa shape index (κ1) is 14.9. The van der Waals surface area contributed by atoms with Crippen LogP contribution in [-0.4, -0.2) is 33.0 Å². The lowest BCUT2D eigenvalue weighted by Crippen LogP contribution is -2.06. The number of hydrogen-bond acceptors (Lipinski definition) is 3. The van der Waals surface area contributed by atoms with Gasteiger partial charge in [-0.25, -0.2) is 0 Å². The molecule has 92 valence electrons. The van der Waals surface area contributed by atoms with Gasteiger partial charge >= 0.3 is 0 Å². The molecule has 0 atom stereocenters. The van der Waals surface area contributed by atoms with E-state index in [0.717, 1.165) is 45.8 Å². The van der Waals surface area contributed by atoms with E-state index in [-0.39, 0.29) is 0 Å². The Hall–Kier alpha value is -0.120. The van der Waals surface area contributed by atoms with Crippen LogP contribution in [0.5, 0.6) is 0 Å². The smallest absolute Gasteiger partial charge is 0.0700 e. The lowest BCUT2D eigenvalue weighted by molar-refractivity contribution is 0.0450. The van der Waals surface area contributed by atoms with Crippen molar-refractivity contribution < 1.29 is 9.47 Å². The summed E-state index contributed by atoms with van der Waals surface area (Å²) >= 11 is 0. The van der Waals surface area contributed by atoms with Gasteiger partial charge in [0.25, 0.3) is 0 Å². The van der Waals surface area contributed by atoms with Crippen LogP contribution in [0.4, 0.5) is 0 Å². The lowest BCUT2D eigenvalue weighted by Gasteiger charge is -2.05. The molecule has 0 bridgehead atoms. The fourth-order valence-electron chi connectivity index (χ4n) is 1.30. The molecule has 0 aliphatic carbocycles. The molecule has 0 aliphatic rings. The molecule has 0 radical (unpaired) electrons. The van der Waals surface area contributed by atoms with Gasteiger partial charge in [0.2, 0.25) is 0 Å². The van der Waals surface area contributed by atoms with Crippen LogP contribution >= 0.6 is 0 Å². The molecule has 0 saturated heterocycles. The van der Waals surface area contributed by atoms with Gasteiger partial charge in [-0.2, -0.15) is 0 Å². The van der Waals surface area contributed by atoms with E-state index in [4.69, 9.17) is 15.2 Å². The van der Waals surface area contributed by atoms with Crippen molar-refractivity contribution in [3.05, 3.63) is 0 Å². The third-order valence-electron chi connectivity index (χ3n) is 2.26. The maximum atomic E-state index is 5.42. The molecule has 15 heavy (non-hydrogen) atoms. The van der Waals surface area contributed by atoms with Crippen molar-refractivity contribution in [2.24, 2.45) is 5.73 Å². The van der Waals surface area contributed by atoms with Gasteiger partial charge in [0.1, 0.15) is 0 Å². The summed E-state index contributed by atoms with van der Waals surface area (Å²) in [5.74, 6) is 0. The summed E-state index contributed by atoms with van der Waals surface area (Å²) in [5.41, 5.74) is 5.39. The zero-order valence-corrected chi connectivity index (χ0v) is 10.2. The van der Waals surface area contributed by atoms with Gasteiger partial charge in [-0.05, 0) is 32.2 Å². The second kappa shape index (κ2) is 13.9. The zero-order valence-electron chi connectivity index (χ0n) is 10.2. The van der Waals surface area contributed by atoms with E-state index >= 15 is 0 Å². The first-order chi connectivity index (χ1) is 7.41. The van der Waals surface area contributed by atoms with E-state index in [1.807, 2.05) is 0 Å². The highest BCUT2D eigenvalue weighted by Crippen LogP contribution is 1.95. The van der Waals surface area contributed by atoms with Crippen LogP contribution in [0.1, 0.15) is 45.4 Å². The normalized spacial score (nSPS) is 10.8.